The van der Waals surface area contributed by atoms with Crippen molar-refractivity contribution in [3.63, 3.8) is 0 Å². The fourth-order valence-electron chi connectivity index (χ4n) is 2.88. The molecule has 150 valence electrons. The van der Waals surface area contributed by atoms with Crippen molar-refractivity contribution in [2.24, 2.45) is 0 Å². The van der Waals surface area contributed by atoms with Gasteiger partial charge in [-0.05, 0) is 44.0 Å². The van der Waals surface area contributed by atoms with Gasteiger partial charge in [-0.25, -0.2) is 4.79 Å². The maximum atomic E-state index is 12.6. The molecule has 3 rings (SSSR count). The van der Waals surface area contributed by atoms with E-state index in [1.165, 1.54) is 6.92 Å². The van der Waals surface area contributed by atoms with Crippen molar-refractivity contribution in [1.29, 1.82) is 0 Å². The summed E-state index contributed by atoms with van der Waals surface area (Å²) in [5.41, 5.74) is 2.89. The Morgan fingerprint density at radius 3 is 2.34 bits per heavy atom. The molecular formula is C22H22N2O5. The monoisotopic (exact) mass is 394 g/mol. The van der Waals surface area contributed by atoms with E-state index in [1.54, 1.807) is 24.3 Å². The Morgan fingerprint density at radius 1 is 1.03 bits per heavy atom. The molecule has 2 aromatic carbocycles. The van der Waals surface area contributed by atoms with Crippen LogP contribution in [0.3, 0.4) is 0 Å². The van der Waals surface area contributed by atoms with Crippen LogP contribution in [-0.4, -0.2) is 30.4 Å². The molecule has 0 radical (unpaired) electrons. The highest BCUT2D eigenvalue weighted by Gasteiger charge is 2.34. The van der Waals surface area contributed by atoms with E-state index in [0.29, 0.717) is 11.4 Å². The lowest BCUT2D eigenvalue weighted by molar-refractivity contribution is -0.150. The van der Waals surface area contributed by atoms with Gasteiger partial charge in [0, 0.05) is 11.4 Å². The number of aryl methyl sites for hydroxylation is 2. The van der Waals surface area contributed by atoms with E-state index in [2.05, 4.69) is 10.6 Å². The molecule has 1 aliphatic rings. The van der Waals surface area contributed by atoms with Crippen molar-refractivity contribution in [1.82, 2.24) is 0 Å². The van der Waals surface area contributed by atoms with Crippen LogP contribution < -0.4 is 10.6 Å². The molecule has 7 heteroatoms. The van der Waals surface area contributed by atoms with Crippen LogP contribution in [-0.2, 0) is 23.9 Å². The summed E-state index contributed by atoms with van der Waals surface area (Å²) in [6, 6.07) is 14.6. The molecule has 0 unspecified atom stereocenters. The van der Waals surface area contributed by atoms with Gasteiger partial charge in [-0.2, -0.15) is 0 Å². The van der Waals surface area contributed by atoms with Crippen molar-refractivity contribution in [2.75, 3.05) is 17.2 Å². The molecule has 0 aliphatic carbocycles. The van der Waals surface area contributed by atoms with Crippen LogP contribution in [0.5, 0.6) is 0 Å². The first kappa shape index (κ1) is 20.1. The summed E-state index contributed by atoms with van der Waals surface area (Å²) in [7, 11) is 0. The summed E-state index contributed by atoms with van der Waals surface area (Å²) >= 11 is 0. The predicted molar refractivity (Wildman–Crippen MR) is 108 cm³/mol. The second-order valence-corrected chi connectivity index (χ2v) is 6.71. The summed E-state index contributed by atoms with van der Waals surface area (Å²) in [5.74, 6) is -1.88. The minimum absolute atomic E-state index is 0.0218. The Balaban J connectivity index is 1.71. The Bertz CT molecular complexity index is 962. The minimum atomic E-state index is -1.10. The number of nitrogens with one attached hydrogen (secondary N) is 2. The van der Waals surface area contributed by atoms with Crippen LogP contribution in [0.1, 0.15) is 18.1 Å². The first-order valence-corrected chi connectivity index (χ1v) is 9.17. The second kappa shape index (κ2) is 8.60. The van der Waals surface area contributed by atoms with E-state index in [4.69, 9.17) is 9.47 Å². The van der Waals surface area contributed by atoms with E-state index in [1.807, 2.05) is 38.1 Å². The molecule has 0 saturated carbocycles. The van der Waals surface area contributed by atoms with Crippen molar-refractivity contribution >= 4 is 29.0 Å². The fraction of sp³-hybridized carbons (Fsp3) is 0.227. The molecular weight excluding hydrogens is 372 g/mol. The summed E-state index contributed by atoms with van der Waals surface area (Å²) in [6.07, 6.45) is -1.10. The molecule has 1 atom stereocenters. The zero-order chi connectivity index (χ0) is 21.0. The van der Waals surface area contributed by atoms with Gasteiger partial charge in [0.15, 0.2) is 18.3 Å². The standard InChI is InChI=1S/C22H22N2O5/c1-13-8-7-9-14(2)19(13)24-20(26)15(3)29-22(27)18-17(25)12-28-21(18)23-16-10-5-4-6-11-16/h4-11,15,23H,12H2,1-3H3,(H,24,26)/t15-/m1/s1. The number of carbonyl (C=O) groups is 3. The Hall–Kier alpha value is -3.61. The highest BCUT2D eigenvalue weighted by Crippen LogP contribution is 2.22. The quantitative estimate of drug-likeness (QED) is 0.578. The topological polar surface area (TPSA) is 93.7 Å². The zero-order valence-electron chi connectivity index (χ0n) is 16.4. The third-order valence-corrected chi connectivity index (χ3v) is 4.47. The number of ketones is 1. The number of amides is 1. The van der Waals surface area contributed by atoms with Crippen LogP contribution in [0.25, 0.3) is 0 Å². The van der Waals surface area contributed by atoms with Gasteiger partial charge in [-0.3, -0.25) is 9.59 Å². The smallest absolute Gasteiger partial charge is 0.348 e. The summed E-state index contributed by atoms with van der Waals surface area (Å²) in [6.45, 7) is 4.94. The average Bonchev–Trinajstić information content (AvgIpc) is 3.05. The Labute approximate surface area is 168 Å². The number of para-hydroxylation sites is 2. The molecule has 1 aliphatic heterocycles. The first-order valence-electron chi connectivity index (χ1n) is 9.17. The van der Waals surface area contributed by atoms with E-state index in [9.17, 15) is 14.4 Å². The minimum Gasteiger partial charge on any atom is -0.470 e. The molecule has 2 N–H and O–H groups in total. The number of anilines is 2. The Kier molecular flexibility index (Phi) is 5.97. The molecule has 0 bridgehead atoms. The predicted octanol–water partition coefficient (Wildman–Crippen LogP) is 3.10. The number of Topliss-reactive ketones (excluding diaryl/α,β-unsaturated/α-hetero) is 1. The number of esters is 1. The van der Waals surface area contributed by atoms with Gasteiger partial charge in [-0.15, -0.1) is 0 Å². The normalized spacial score (nSPS) is 14.2. The number of carbonyl (C=O) groups excluding carboxylic acids is 3. The van der Waals surface area contributed by atoms with Crippen LogP contribution in [0.15, 0.2) is 60.0 Å². The molecule has 0 saturated heterocycles. The van der Waals surface area contributed by atoms with Crippen molar-refractivity contribution in [2.45, 2.75) is 26.9 Å². The summed E-state index contributed by atoms with van der Waals surface area (Å²) in [4.78, 5) is 37.2. The molecule has 7 nitrogen and oxygen atoms in total. The lowest BCUT2D eigenvalue weighted by Gasteiger charge is -2.16. The van der Waals surface area contributed by atoms with E-state index < -0.39 is 23.8 Å². The number of hydrogen-bond acceptors (Lipinski definition) is 6. The second-order valence-electron chi connectivity index (χ2n) is 6.71. The van der Waals surface area contributed by atoms with Gasteiger partial charge in [0.25, 0.3) is 5.91 Å². The van der Waals surface area contributed by atoms with Gasteiger partial charge in [0.05, 0.1) is 0 Å². The maximum Gasteiger partial charge on any atom is 0.348 e. The van der Waals surface area contributed by atoms with E-state index in [-0.39, 0.29) is 18.1 Å². The van der Waals surface area contributed by atoms with Gasteiger partial charge >= 0.3 is 5.97 Å². The van der Waals surface area contributed by atoms with E-state index >= 15 is 0 Å². The molecule has 1 heterocycles. The van der Waals surface area contributed by atoms with Crippen LogP contribution >= 0.6 is 0 Å². The van der Waals surface area contributed by atoms with Gasteiger partial charge in [0.1, 0.15) is 0 Å². The van der Waals surface area contributed by atoms with Crippen molar-refractivity contribution in [3.05, 3.63) is 71.1 Å². The Morgan fingerprint density at radius 2 is 1.69 bits per heavy atom. The van der Waals surface area contributed by atoms with Gasteiger partial charge in [-0.1, -0.05) is 36.4 Å². The highest BCUT2D eigenvalue weighted by atomic mass is 16.6. The molecule has 29 heavy (non-hydrogen) atoms. The number of benzene rings is 2. The lowest BCUT2D eigenvalue weighted by Crippen LogP contribution is -2.32. The number of rotatable bonds is 6. The van der Waals surface area contributed by atoms with Crippen LogP contribution in [0.2, 0.25) is 0 Å². The van der Waals surface area contributed by atoms with Crippen LogP contribution in [0, 0.1) is 13.8 Å². The van der Waals surface area contributed by atoms with E-state index in [0.717, 1.165) is 11.1 Å². The maximum absolute atomic E-state index is 12.6. The third kappa shape index (κ3) is 4.63. The zero-order valence-corrected chi connectivity index (χ0v) is 16.4. The fourth-order valence-corrected chi connectivity index (χ4v) is 2.88. The number of hydrogen-bond donors (Lipinski definition) is 2. The van der Waals surface area contributed by atoms with Gasteiger partial charge < -0.3 is 20.1 Å². The van der Waals surface area contributed by atoms with Crippen molar-refractivity contribution < 1.29 is 23.9 Å². The van der Waals surface area contributed by atoms with Gasteiger partial charge in [0.2, 0.25) is 11.7 Å². The summed E-state index contributed by atoms with van der Waals surface area (Å²) in [5, 5.41) is 5.67. The largest absolute Gasteiger partial charge is 0.470 e. The molecule has 0 aromatic heterocycles. The highest BCUT2D eigenvalue weighted by molar-refractivity contribution is 6.20. The lowest BCUT2D eigenvalue weighted by atomic mass is 10.1. The SMILES string of the molecule is Cc1cccc(C)c1NC(=O)[C@@H](C)OC(=O)C1=C(Nc2ccccc2)OCC1=O. The molecule has 2 aromatic rings. The molecule has 1 amide bonds. The summed E-state index contributed by atoms with van der Waals surface area (Å²) < 4.78 is 10.5. The average molecular weight is 394 g/mol. The molecule has 0 fully saturated rings. The first-order chi connectivity index (χ1) is 13.9. The third-order valence-electron chi connectivity index (χ3n) is 4.47. The number of ether oxygens (including phenoxy) is 2. The molecule has 0 spiro atoms. The van der Waals surface area contributed by atoms with Crippen LogP contribution in [0.4, 0.5) is 11.4 Å². The van der Waals surface area contributed by atoms with Crippen molar-refractivity contribution in [3.8, 4) is 0 Å².